The second-order valence-electron chi connectivity index (χ2n) is 3.26. The Balaban J connectivity index is 2.77. The summed E-state index contributed by atoms with van der Waals surface area (Å²) in [5.41, 5.74) is 0.656. The number of rotatable bonds is 5. The van der Waals surface area contributed by atoms with Crippen LogP contribution in [0.4, 0.5) is 0 Å². The summed E-state index contributed by atoms with van der Waals surface area (Å²) in [5, 5.41) is 18.1. The van der Waals surface area contributed by atoms with Crippen molar-refractivity contribution in [2.75, 3.05) is 6.61 Å². The summed E-state index contributed by atoms with van der Waals surface area (Å²) >= 11 is 5.92. The molecule has 0 spiro atoms. The Bertz CT molecular complexity index is 378. The van der Waals surface area contributed by atoms with Gasteiger partial charge in [0.2, 0.25) is 0 Å². The summed E-state index contributed by atoms with van der Waals surface area (Å²) in [7, 11) is 0. The Labute approximate surface area is 98.4 Å². The number of aliphatic carboxylic acids is 1. The van der Waals surface area contributed by atoms with Gasteiger partial charge in [0.1, 0.15) is 5.75 Å². The Morgan fingerprint density at radius 2 is 2.25 bits per heavy atom. The van der Waals surface area contributed by atoms with E-state index < -0.39 is 12.1 Å². The maximum Gasteiger partial charge on any atom is 0.332 e. The average molecular weight is 245 g/mol. The normalized spacial score (nSPS) is 12.2. The molecular weight excluding hydrogens is 232 g/mol. The molecule has 0 aliphatic heterocycles. The van der Waals surface area contributed by atoms with Crippen LogP contribution >= 0.6 is 11.6 Å². The fourth-order valence-electron chi connectivity index (χ4n) is 1.25. The molecule has 0 fully saturated rings. The summed E-state index contributed by atoms with van der Waals surface area (Å²) in [6, 6.07) is 4.94. The van der Waals surface area contributed by atoms with Gasteiger partial charge in [-0.15, -0.1) is 0 Å². The standard InChI is InChI=1S/C11H13ClO4/c1-2-16-10-4-3-7(5-8(10)12)6-9(13)11(14)15/h3-5,9,13H,2,6H2,1H3,(H,14,15). The third-order valence-corrected chi connectivity index (χ3v) is 2.31. The number of aliphatic hydroxyl groups is 1. The number of hydrogen-bond acceptors (Lipinski definition) is 3. The number of carbonyl (C=O) groups is 1. The van der Waals surface area contributed by atoms with Crippen molar-refractivity contribution in [3.8, 4) is 5.75 Å². The first-order valence-electron chi connectivity index (χ1n) is 4.86. The fraction of sp³-hybridized carbons (Fsp3) is 0.364. The van der Waals surface area contributed by atoms with Crippen molar-refractivity contribution >= 4 is 17.6 Å². The third-order valence-electron chi connectivity index (χ3n) is 2.01. The van der Waals surface area contributed by atoms with E-state index >= 15 is 0 Å². The van der Waals surface area contributed by atoms with Gasteiger partial charge in [0.15, 0.2) is 6.10 Å². The molecule has 16 heavy (non-hydrogen) atoms. The van der Waals surface area contributed by atoms with Crippen molar-refractivity contribution in [1.29, 1.82) is 0 Å². The van der Waals surface area contributed by atoms with Crippen molar-refractivity contribution in [3.05, 3.63) is 28.8 Å². The van der Waals surface area contributed by atoms with Crippen molar-refractivity contribution < 1.29 is 19.7 Å². The SMILES string of the molecule is CCOc1ccc(CC(O)C(=O)O)cc1Cl. The minimum atomic E-state index is -1.41. The first-order chi connectivity index (χ1) is 7.54. The molecule has 0 amide bonds. The van der Waals surface area contributed by atoms with Gasteiger partial charge < -0.3 is 14.9 Å². The largest absolute Gasteiger partial charge is 0.492 e. The Morgan fingerprint density at radius 1 is 1.56 bits per heavy atom. The second-order valence-corrected chi connectivity index (χ2v) is 3.66. The zero-order chi connectivity index (χ0) is 12.1. The molecule has 0 saturated carbocycles. The van der Waals surface area contributed by atoms with Crippen LogP contribution in [0.25, 0.3) is 0 Å². The molecule has 2 N–H and O–H groups in total. The molecule has 0 saturated heterocycles. The van der Waals surface area contributed by atoms with Crippen molar-refractivity contribution in [3.63, 3.8) is 0 Å². The maximum atomic E-state index is 10.5. The van der Waals surface area contributed by atoms with Crippen LogP contribution in [-0.4, -0.2) is 28.9 Å². The van der Waals surface area contributed by atoms with Gasteiger partial charge in [-0.25, -0.2) is 4.79 Å². The van der Waals surface area contributed by atoms with E-state index in [9.17, 15) is 4.79 Å². The molecule has 5 heteroatoms. The highest BCUT2D eigenvalue weighted by molar-refractivity contribution is 6.32. The highest BCUT2D eigenvalue weighted by atomic mass is 35.5. The molecule has 1 rings (SSSR count). The molecular formula is C11H13ClO4. The third kappa shape index (κ3) is 3.40. The van der Waals surface area contributed by atoms with E-state index in [2.05, 4.69) is 0 Å². The number of ether oxygens (including phenoxy) is 1. The zero-order valence-electron chi connectivity index (χ0n) is 8.81. The average Bonchev–Trinajstić information content (AvgIpc) is 2.22. The van der Waals surface area contributed by atoms with Crippen LogP contribution in [0.2, 0.25) is 5.02 Å². The van der Waals surface area contributed by atoms with E-state index in [4.69, 9.17) is 26.6 Å². The summed E-state index contributed by atoms with van der Waals surface area (Å²) in [6.45, 7) is 2.36. The van der Waals surface area contributed by atoms with Gasteiger partial charge in [0.05, 0.1) is 11.6 Å². The van der Waals surface area contributed by atoms with Crippen LogP contribution in [0.3, 0.4) is 0 Å². The van der Waals surface area contributed by atoms with Crippen LogP contribution in [0.15, 0.2) is 18.2 Å². The maximum absolute atomic E-state index is 10.5. The molecule has 0 radical (unpaired) electrons. The lowest BCUT2D eigenvalue weighted by atomic mass is 10.1. The van der Waals surface area contributed by atoms with Crippen LogP contribution in [0, 0.1) is 0 Å². The molecule has 88 valence electrons. The molecule has 1 unspecified atom stereocenters. The first kappa shape index (κ1) is 12.8. The van der Waals surface area contributed by atoms with E-state index in [0.717, 1.165) is 0 Å². The molecule has 0 heterocycles. The second kappa shape index (κ2) is 5.72. The van der Waals surface area contributed by atoms with Crippen LogP contribution in [-0.2, 0) is 11.2 Å². The van der Waals surface area contributed by atoms with E-state index in [1.54, 1.807) is 18.2 Å². The lowest BCUT2D eigenvalue weighted by molar-refractivity contribution is -0.146. The van der Waals surface area contributed by atoms with E-state index in [1.807, 2.05) is 6.92 Å². The molecule has 1 aromatic carbocycles. The first-order valence-corrected chi connectivity index (χ1v) is 5.24. The van der Waals surface area contributed by atoms with Gasteiger partial charge in [-0.05, 0) is 24.6 Å². The van der Waals surface area contributed by atoms with Gasteiger partial charge in [-0.1, -0.05) is 17.7 Å². The number of aliphatic hydroxyl groups excluding tert-OH is 1. The fourth-order valence-corrected chi connectivity index (χ4v) is 1.51. The number of benzene rings is 1. The van der Waals surface area contributed by atoms with Gasteiger partial charge in [0.25, 0.3) is 0 Å². The lowest BCUT2D eigenvalue weighted by Crippen LogP contribution is -2.21. The van der Waals surface area contributed by atoms with Crippen LogP contribution in [0.5, 0.6) is 5.75 Å². The number of hydrogen-bond donors (Lipinski definition) is 2. The van der Waals surface area contributed by atoms with Crippen LogP contribution < -0.4 is 4.74 Å². The topological polar surface area (TPSA) is 66.8 Å². The van der Waals surface area contributed by atoms with Crippen molar-refractivity contribution in [1.82, 2.24) is 0 Å². The number of halogens is 1. The van der Waals surface area contributed by atoms with Gasteiger partial charge in [-0.2, -0.15) is 0 Å². The van der Waals surface area contributed by atoms with E-state index in [-0.39, 0.29) is 6.42 Å². The lowest BCUT2D eigenvalue weighted by Gasteiger charge is -2.09. The molecule has 0 aromatic heterocycles. The zero-order valence-corrected chi connectivity index (χ0v) is 9.57. The van der Waals surface area contributed by atoms with Crippen molar-refractivity contribution in [2.24, 2.45) is 0 Å². The Hall–Kier alpha value is -1.26. The number of carboxylic acids is 1. The molecule has 1 atom stereocenters. The Morgan fingerprint density at radius 3 is 2.75 bits per heavy atom. The van der Waals surface area contributed by atoms with E-state index in [0.29, 0.717) is 22.9 Å². The summed E-state index contributed by atoms with van der Waals surface area (Å²) in [4.78, 5) is 10.5. The van der Waals surface area contributed by atoms with Gasteiger partial charge >= 0.3 is 5.97 Å². The Kier molecular flexibility index (Phi) is 4.58. The predicted molar refractivity (Wildman–Crippen MR) is 60.0 cm³/mol. The highest BCUT2D eigenvalue weighted by Crippen LogP contribution is 2.25. The van der Waals surface area contributed by atoms with Gasteiger partial charge in [0, 0.05) is 6.42 Å². The highest BCUT2D eigenvalue weighted by Gasteiger charge is 2.14. The van der Waals surface area contributed by atoms with E-state index in [1.165, 1.54) is 0 Å². The monoisotopic (exact) mass is 244 g/mol. The molecule has 4 nitrogen and oxygen atoms in total. The molecule has 1 aromatic rings. The predicted octanol–water partition coefficient (Wildman–Crippen LogP) is 1.73. The molecule has 0 aliphatic rings. The van der Waals surface area contributed by atoms with Gasteiger partial charge in [-0.3, -0.25) is 0 Å². The summed E-state index contributed by atoms with van der Waals surface area (Å²) in [5.74, 6) is -0.692. The van der Waals surface area contributed by atoms with Crippen molar-refractivity contribution in [2.45, 2.75) is 19.4 Å². The minimum absolute atomic E-state index is 0.0292. The number of carboxylic acid groups (broad SMARTS) is 1. The smallest absolute Gasteiger partial charge is 0.332 e. The quantitative estimate of drug-likeness (QED) is 0.828. The molecule has 0 bridgehead atoms. The minimum Gasteiger partial charge on any atom is -0.492 e. The van der Waals surface area contributed by atoms with Crippen LogP contribution in [0.1, 0.15) is 12.5 Å². The molecule has 0 aliphatic carbocycles. The summed E-state index contributed by atoms with van der Waals surface area (Å²) in [6.07, 6.45) is -1.38. The summed E-state index contributed by atoms with van der Waals surface area (Å²) < 4.78 is 5.23.